The van der Waals surface area contributed by atoms with E-state index < -0.39 is 0 Å². The van der Waals surface area contributed by atoms with Crippen LogP contribution in [0.3, 0.4) is 0 Å². The number of carbonyl (C=O) groups is 1. The molecule has 2 bridgehead atoms. The smallest absolute Gasteiger partial charge is 0.308 e. The Morgan fingerprint density at radius 1 is 0.710 bits per heavy atom. The van der Waals surface area contributed by atoms with Gasteiger partial charge in [-0.3, -0.25) is 4.79 Å². The summed E-state index contributed by atoms with van der Waals surface area (Å²) in [4.78, 5) is 12.5. The topological polar surface area (TPSA) is 26.3 Å². The average molecular weight is 433 g/mol. The highest BCUT2D eigenvalue weighted by atomic mass is 16.5. The molecule has 4 rings (SSSR count). The fourth-order valence-electron chi connectivity index (χ4n) is 7.32. The van der Waals surface area contributed by atoms with Gasteiger partial charge in [-0.15, -0.1) is 0 Å². The van der Waals surface area contributed by atoms with Crippen molar-refractivity contribution < 1.29 is 9.53 Å². The number of carbonyl (C=O) groups excluding carboxylic acids is 1. The highest BCUT2D eigenvalue weighted by molar-refractivity contribution is 5.72. The summed E-state index contributed by atoms with van der Waals surface area (Å²) in [5, 5.41) is 0. The van der Waals surface area contributed by atoms with Crippen molar-refractivity contribution in [2.24, 2.45) is 22.7 Å². The summed E-state index contributed by atoms with van der Waals surface area (Å²) < 4.78 is 5.64. The Morgan fingerprint density at radius 2 is 1.26 bits per heavy atom. The number of fused-ring (bicyclic) bond motifs is 3. The molecule has 0 radical (unpaired) electrons. The van der Waals surface area contributed by atoms with Crippen molar-refractivity contribution in [1.29, 1.82) is 0 Å². The van der Waals surface area contributed by atoms with E-state index in [9.17, 15) is 4.79 Å². The molecule has 2 nitrogen and oxygen atoms in total. The van der Waals surface area contributed by atoms with Crippen LogP contribution in [0.15, 0.2) is 0 Å². The predicted octanol–water partition coefficient (Wildman–Crippen LogP) is 9.01. The Morgan fingerprint density at radius 3 is 1.84 bits per heavy atom. The zero-order valence-electron chi connectivity index (χ0n) is 21.0. The van der Waals surface area contributed by atoms with E-state index in [0.717, 1.165) is 25.2 Å². The molecule has 2 heteroatoms. The second-order valence-corrected chi connectivity index (χ2v) is 11.7. The molecule has 0 atom stereocenters. The highest BCUT2D eigenvalue weighted by Gasteiger charge is 2.51. The molecular weight excluding hydrogens is 380 g/mol. The molecule has 0 unspecified atom stereocenters. The summed E-state index contributed by atoms with van der Waals surface area (Å²) in [5.41, 5.74) is 1.35. The van der Waals surface area contributed by atoms with Gasteiger partial charge in [0, 0.05) is 0 Å². The first-order valence-corrected chi connectivity index (χ1v) is 14.3. The Kier molecular flexibility index (Phi) is 10.2. The maximum Gasteiger partial charge on any atom is 0.308 e. The summed E-state index contributed by atoms with van der Waals surface area (Å²) in [5.74, 6) is 1.19. The molecule has 0 saturated heterocycles. The van der Waals surface area contributed by atoms with Gasteiger partial charge >= 0.3 is 5.97 Å². The van der Waals surface area contributed by atoms with Crippen LogP contribution in [-0.4, -0.2) is 12.6 Å². The van der Waals surface area contributed by atoms with Gasteiger partial charge in [0.1, 0.15) is 0 Å². The zero-order chi connectivity index (χ0) is 22.0. The van der Waals surface area contributed by atoms with E-state index in [0.29, 0.717) is 17.4 Å². The van der Waals surface area contributed by atoms with Gasteiger partial charge in [0.2, 0.25) is 0 Å². The minimum atomic E-state index is 0.112. The lowest BCUT2D eigenvalue weighted by Gasteiger charge is -2.58. The fraction of sp³-hybridized carbons (Fsp3) is 0.966. The van der Waals surface area contributed by atoms with Gasteiger partial charge in [-0.25, -0.2) is 0 Å². The largest absolute Gasteiger partial charge is 0.465 e. The van der Waals surface area contributed by atoms with Crippen molar-refractivity contribution in [2.75, 3.05) is 6.61 Å². The van der Waals surface area contributed by atoms with Gasteiger partial charge in [0.25, 0.3) is 0 Å². The van der Waals surface area contributed by atoms with E-state index >= 15 is 0 Å². The number of hydrogen-bond acceptors (Lipinski definition) is 2. The van der Waals surface area contributed by atoms with E-state index in [2.05, 4.69) is 13.8 Å². The van der Waals surface area contributed by atoms with Crippen LogP contribution in [0.5, 0.6) is 0 Å². The van der Waals surface area contributed by atoms with Crippen molar-refractivity contribution in [3.05, 3.63) is 0 Å². The van der Waals surface area contributed by atoms with Crippen LogP contribution < -0.4 is 0 Å². The van der Waals surface area contributed by atoms with Crippen molar-refractivity contribution in [3.63, 3.8) is 0 Å². The number of ether oxygens (including phenoxy) is 1. The zero-order valence-corrected chi connectivity index (χ0v) is 21.0. The molecule has 0 spiro atoms. The number of esters is 1. The molecule has 4 aliphatic rings. The second-order valence-electron chi connectivity index (χ2n) is 11.7. The molecular formula is C29H52O2. The lowest BCUT2D eigenvalue weighted by Crippen LogP contribution is -2.46. The molecule has 0 amide bonds. The third-order valence-corrected chi connectivity index (χ3v) is 9.69. The maximum absolute atomic E-state index is 12.5. The summed E-state index contributed by atoms with van der Waals surface area (Å²) >= 11 is 0. The van der Waals surface area contributed by atoms with E-state index in [1.54, 1.807) is 0 Å². The Labute approximate surface area is 193 Å². The lowest BCUT2D eigenvalue weighted by molar-refractivity contribution is -0.151. The maximum atomic E-state index is 12.5. The number of hydrogen-bond donors (Lipinski definition) is 0. The lowest BCUT2D eigenvalue weighted by atomic mass is 9.47. The van der Waals surface area contributed by atoms with Gasteiger partial charge < -0.3 is 4.74 Å². The van der Waals surface area contributed by atoms with Gasteiger partial charge in [-0.05, 0) is 93.8 Å². The monoisotopic (exact) mass is 432 g/mol. The molecule has 4 aliphatic carbocycles. The molecule has 4 fully saturated rings. The Bertz CT molecular complexity index is 492. The number of unbranched alkanes of at least 4 members (excludes halogenated alkanes) is 8. The normalized spacial score (nSPS) is 32.8. The van der Waals surface area contributed by atoms with Crippen LogP contribution in [0.1, 0.15) is 149 Å². The molecule has 0 N–H and O–H groups in total. The molecule has 0 aromatic heterocycles. The van der Waals surface area contributed by atoms with Crippen LogP contribution in [0.4, 0.5) is 0 Å². The first-order valence-electron chi connectivity index (χ1n) is 14.3. The first kappa shape index (κ1) is 25.1. The molecule has 31 heavy (non-hydrogen) atoms. The molecule has 0 aliphatic heterocycles. The molecule has 0 heterocycles. The summed E-state index contributed by atoms with van der Waals surface area (Å²) in [6, 6.07) is 0. The van der Waals surface area contributed by atoms with Crippen LogP contribution in [0.2, 0.25) is 0 Å². The van der Waals surface area contributed by atoms with Gasteiger partial charge in [0.05, 0.1) is 12.5 Å². The van der Waals surface area contributed by atoms with Gasteiger partial charge in [-0.1, -0.05) is 71.6 Å². The van der Waals surface area contributed by atoms with Crippen LogP contribution in [-0.2, 0) is 9.53 Å². The van der Waals surface area contributed by atoms with Gasteiger partial charge in [0.15, 0.2) is 0 Å². The Balaban J connectivity index is 1.34. The first-order chi connectivity index (χ1) is 15.1. The van der Waals surface area contributed by atoms with E-state index in [1.165, 1.54) is 116 Å². The predicted molar refractivity (Wildman–Crippen MR) is 131 cm³/mol. The van der Waals surface area contributed by atoms with Crippen LogP contribution in [0.25, 0.3) is 0 Å². The quantitative estimate of drug-likeness (QED) is 0.202. The minimum Gasteiger partial charge on any atom is -0.465 e. The summed E-state index contributed by atoms with van der Waals surface area (Å²) in [6.45, 7) is 5.20. The van der Waals surface area contributed by atoms with Crippen LogP contribution in [0, 0.1) is 22.7 Å². The van der Waals surface area contributed by atoms with Crippen molar-refractivity contribution in [2.45, 2.75) is 149 Å². The average Bonchev–Trinajstić information content (AvgIpc) is 2.82. The SMILES string of the molecule is CCCCCCCOC(=O)[C@H]1CC[C@H](C23CCC(CCCCCCC)(CC2)CC3)CC1. The molecule has 180 valence electrons. The third kappa shape index (κ3) is 6.97. The van der Waals surface area contributed by atoms with Crippen molar-refractivity contribution in [1.82, 2.24) is 0 Å². The molecule has 0 aromatic rings. The standard InChI is InChI=1S/C29H52O2/c1-3-5-7-9-11-17-28-18-21-29(22-19-28,23-20-28)26-15-13-25(14-16-26)27(30)31-24-12-10-8-6-4-2/h25-26H,3-24H2,1-2H3/t25-,26-,28?,29?. The minimum absolute atomic E-state index is 0.112. The van der Waals surface area contributed by atoms with E-state index in [1.807, 2.05) is 0 Å². The second kappa shape index (κ2) is 12.6. The summed E-state index contributed by atoms with van der Waals surface area (Å²) in [6.07, 6.45) is 28.4. The van der Waals surface area contributed by atoms with Crippen molar-refractivity contribution in [3.8, 4) is 0 Å². The van der Waals surface area contributed by atoms with E-state index in [4.69, 9.17) is 4.74 Å². The fourth-order valence-corrected chi connectivity index (χ4v) is 7.32. The Hall–Kier alpha value is -0.530. The highest BCUT2D eigenvalue weighted by Crippen LogP contribution is 2.63. The summed E-state index contributed by atoms with van der Waals surface area (Å²) in [7, 11) is 0. The number of rotatable bonds is 14. The van der Waals surface area contributed by atoms with Crippen LogP contribution >= 0.6 is 0 Å². The van der Waals surface area contributed by atoms with E-state index in [-0.39, 0.29) is 11.9 Å². The van der Waals surface area contributed by atoms with Crippen molar-refractivity contribution >= 4 is 5.97 Å². The van der Waals surface area contributed by atoms with Gasteiger partial charge in [-0.2, -0.15) is 0 Å². The molecule has 0 aromatic carbocycles. The third-order valence-electron chi connectivity index (χ3n) is 9.69. The molecule has 4 saturated carbocycles.